The summed E-state index contributed by atoms with van der Waals surface area (Å²) in [5.41, 5.74) is 5.73. The number of nitrogens with two attached hydrogens (primary N) is 1. The summed E-state index contributed by atoms with van der Waals surface area (Å²) in [5, 5.41) is 2.43. The van der Waals surface area contributed by atoms with Gasteiger partial charge in [0.05, 0.1) is 31.6 Å². The van der Waals surface area contributed by atoms with Crippen LogP contribution in [0.4, 0.5) is 25.4 Å². The number of amides is 2. The molecule has 0 aliphatic carbocycles. The maximum absolute atomic E-state index is 13.4. The van der Waals surface area contributed by atoms with Crippen LogP contribution in [-0.4, -0.2) is 38.5 Å². The number of nitrogens with zero attached hydrogens (tertiary/aromatic N) is 1. The molecule has 0 spiro atoms. The number of carbonyl (C=O) groups excluding carboxylic acids is 2. The van der Waals surface area contributed by atoms with E-state index in [1.54, 1.807) is 0 Å². The van der Waals surface area contributed by atoms with Gasteiger partial charge in [-0.1, -0.05) is 0 Å². The zero-order valence-electron chi connectivity index (χ0n) is 10.8. The van der Waals surface area contributed by atoms with Crippen molar-refractivity contribution in [3.63, 3.8) is 0 Å². The van der Waals surface area contributed by atoms with E-state index in [-0.39, 0.29) is 18.8 Å². The van der Waals surface area contributed by atoms with Crippen molar-refractivity contribution in [2.75, 3.05) is 30.8 Å². The summed E-state index contributed by atoms with van der Waals surface area (Å²) < 4.78 is 22.8. The van der Waals surface area contributed by atoms with Crippen LogP contribution in [-0.2, 0) is 9.47 Å². The molecule has 1 saturated heterocycles. The fraction of sp³-hybridized carbons (Fsp3) is 0.333. The SMILES string of the molecule is COC(=O)NCC1CN(c2ccc(N)c(F)c2)C(=O)O1. The van der Waals surface area contributed by atoms with Crippen molar-refractivity contribution in [1.29, 1.82) is 0 Å². The summed E-state index contributed by atoms with van der Waals surface area (Å²) in [5.74, 6) is -0.605. The Bertz CT molecular complexity index is 537. The number of cyclic esters (lactones) is 1. The lowest BCUT2D eigenvalue weighted by molar-refractivity contribution is 0.132. The van der Waals surface area contributed by atoms with Gasteiger partial charge in [0.25, 0.3) is 0 Å². The number of anilines is 2. The molecule has 1 aromatic rings. The monoisotopic (exact) mass is 283 g/mol. The minimum Gasteiger partial charge on any atom is -0.453 e. The van der Waals surface area contributed by atoms with Crippen LogP contribution in [0.3, 0.4) is 0 Å². The standard InChI is InChI=1S/C12H14FN3O4/c1-19-11(17)15-5-8-6-16(12(18)20-8)7-2-3-10(14)9(13)4-7/h2-4,8H,5-6,14H2,1H3,(H,15,17). The van der Waals surface area contributed by atoms with E-state index in [0.29, 0.717) is 5.69 Å². The van der Waals surface area contributed by atoms with Crippen molar-refractivity contribution in [2.45, 2.75) is 6.10 Å². The quantitative estimate of drug-likeness (QED) is 0.810. The fourth-order valence-electron chi connectivity index (χ4n) is 1.79. The molecule has 1 aromatic carbocycles. The van der Waals surface area contributed by atoms with Crippen LogP contribution in [0.5, 0.6) is 0 Å². The first-order valence-electron chi connectivity index (χ1n) is 5.86. The number of rotatable bonds is 3. The van der Waals surface area contributed by atoms with Gasteiger partial charge in [-0.05, 0) is 18.2 Å². The van der Waals surface area contributed by atoms with Gasteiger partial charge in [-0.25, -0.2) is 14.0 Å². The Hall–Kier alpha value is -2.51. The zero-order valence-corrected chi connectivity index (χ0v) is 10.8. The zero-order chi connectivity index (χ0) is 14.7. The molecule has 8 heteroatoms. The summed E-state index contributed by atoms with van der Waals surface area (Å²) in [6, 6.07) is 4.06. The molecule has 1 aliphatic rings. The molecule has 1 fully saturated rings. The predicted octanol–water partition coefficient (Wildman–Crippen LogP) is 1.09. The molecule has 1 atom stereocenters. The Balaban J connectivity index is 2.01. The largest absolute Gasteiger partial charge is 0.453 e. The molecule has 1 heterocycles. The number of nitrogen functional groups attached to an aromatic ring is 1. The van der Waals surface area contributed by atoms with Crippen LogP contribution >= 0.6 is 0 Å². The van der Waals surface area contributed by atoms with Crippen molar-refractivity contribution >= 4 is 23.6 Å². The second kappa shape index (κ2) is 5.64. The molecule has 3 N–H and O–H groups in total. The Morgan fingerprint density at radius 3 is 3.05 bits per heavy atom. The molecular formula is C12H14FN3O4. The number of carbonyl (C=O) groups is 2. The summed E-state index contributed by atoms with van der Waals surface area (Å²) in [6.45, 7) is 0.318. The van der Waals surface area contributed by atoms with Gasteiger partial charge < -0.3 is 20.5 Å². The number of methoxy groups -OCH3 is 1. The fourth-order valence-corrected chi connectivity index (χ4v) is 1.79. The Kier molecular flexibility index (Phi) is 3.92. The smallest absolute Gasteiger partial charge is 0.414 e. The first-order valence-corrected chi connectivity index (χ1v) is 5.86. The molecule has 108 valence electrons. The van der Waals surface area contributed by atoms with Crippen LogP contribution in [0.25, 0.3) is 0 Å². The third-order valence-electron chi connectivity index (χ3n) is 2.83. The number of halogens is 1. The first-order chi connectivity index (χ1) is 9.51. The maximum atomic E-state index is 13.4. The highest BCUT2D eigenvalue weighted by Gasteiger charge is 2.32. The number of nitrogens with one attached hydrogen (secondary N) is 1. The average molecular weight is 283 g/mol. The van der Waals surface area contributed by atoms with E-state index in [1.165, 1.54) is 24.1 Å². The second-order valence-electron chi connectivity index (χ2n) is 4.19. The van der Waals surface area contributed by atoms with Gasteiger partial charge in [-0.3, -0.25) is 4.90 Å². The van der Waals surface area contributed by atoms with E-state index in [0.717, 1.165) is 6.07 Å². The maximum Gasteiger partial charge on any atom is 0.414 e. The van der Waals surface area contributed by atoms with Crippen LogP contribution in [0.1, 0.15) is 0 Å². The van der Waals surface area contributed by atoms with Crippen LogP contribution in [0.2, 0.25) is 0 Å². The van der Waals surface area contributed by atoms with Gasteiger partial charge in [0.15, 0.2) is 0 Å². The molecule has 0 saturated carbocycles. The van der Waals surface area contributed by atoms with E-state index in [4.69, 9.17) is 10.5 Å². The van der Waals surface area contributed by atoms with E-state index in [2.05, 4.69) is 10.1 Å². The van der Waals surface area contributed by atoms with Crippen LogP contribution < -0.4 is 16.0 Å². The van der Waals surface area contributed by atoms with Crippen molar-refractivity contribution < 1.29 is 23.5 Å². The van der Waals surface area contributed by atoms with Crippen molar-refractivity contribution in [3.05, 3.63) is 24.0 Å². The van der Waals surface area contributed by atoms with E-state index < -0.39 is 24.1 Å². The summed E-state index contributed by atoms with van der Waals surface area (Å²) in [7, 11) is 1.24. The Morgan fingerprint density at radius 2 is 2.40 bits per heavy atom. The number of alkyl carbamates (subject to hydrolysis) is 1. The predicted molar refractivity (Wildman–Crippen MR) is 68.8 cm³/mol. The normalized spacial score (nSPS) is 17.8. The second-order valence-corrected chi connectivity index (χ2v) is 4.19. The van der Waals surface area contributed by atoms with Gasteiger partial charge in [-0.15, -0.1) is 0 Å². The van der Waals surface area contributed by atoms with Crippen LogP contribution in [0, 0.1) is 5.82 Å². The van der Waals surface area contributed by atoms with E-state index in [9.17, 15) is 14.0 Å². The molecule has 0 aromatic heterocycles. The van der Waals surface area contributed by atoms with E-state index >= 15 is 0 Å². The van der Waals surface area contributed by atoms with Crippen molar-refractivity contribution in [1.82, 2.24) is 5.32 Å². The molecule has 20 heavy (non-hydrogen) atoms. The number of ether oxygens (including phenoxy) is 2. The highest BCUT2D eigenvalue weighted by Crippen LogP contribution is 2.24. The molecule has 1 unspecified atom stereocenters. The third-order valence-corrected chi connectivity index (χ3v) is 2.83. The van der Waals surface area contributed by atoms with E-state index in [1.807, 2.05) is 0 Å². The summed E-state index contributed by atoms with van der Waals surface area (Å²) in [6.07, 6.45) is -1.74. The van der Waals surface area contributed by atoms with Gasteiger partial charge in [0, 0.05) is 0 Å². The van der Waals surface area contributed by atoms with Gasteiger partial charge >= 0.3 is 12.2 Å². The molecule has 2 rings (SSSR count). The lowest BCUT2D eigenvalue weighted by Gasteiger charge is -2.13. The van der Waals surface area contributed by atoms with Crippen molar-refractivity contribution in [3.8, 4) is 0 Å². The minimum atomic E-state index is -0.613. The van der Waals surface area contributed by atoms with Crippen molar-refractivity contribution in [2.24, 2.45) is 0 Å². The number of hydrogen-bond acceptors (Lipinski definition) is 5. The Morgan fingerprint density at radius 1 is 1.65 bits per heavy atom. The molecule has 0 radical (unpaired) electrons. The number of benzene rings is 1. The topological polar surface area (TPSA) is 93.9 Å². The van der Waals surface area contributed by atoms with Gasteiger partial charge in [0.2, 0.25) is 0 Å². The molecule has 0 bridgehead atoms. The number of hydrogen-bond donors (Lipinski definition) is 2. The van der Waals surface area contributed by atoms with Gasteiger partial charge in [-0.2, -0.15) is 0 Å². The highest BCUT2D eigenvalue weighted by molar-refractivity contribution is 5.90. The first kappa shape index (κ1) is 13.9. The molecule has 7 nitrogen and oxygen atoms in total. The lowest BCUT2D eigenvalue weighted by Crippen LogP contribution is -2.34. The average Bonchev–Trinajstić information content (AvgIpc) is 2.80. The highest BCUT2D eigenvalue weighted by atomic mass is 19.1. The molecule has 2 amide bonds. The van der Waals surface area contributed by atoms with Gasteiger partial charge in [0.1, 0.15) is 11.9 Å². The summed E-state index contributed by atoms with van der Waals surface area (Å²) in [4.78, 5) is 23.9. The molecular weight excluding hydrogens is 269 g/mol. The Labute approximate surface area is 114 Å². The molecule has 1 aliphatic heterocycles. The minimum absolute atomic E-state index is 0.00484. The van der Waals surface area contributed by atoms with Crippen LogP contribution in [0.15, 0.2) is 18.2 Å². The third kappa shape index (κ3) is 2.90. The lowest BCUT2D eigenvalue weighted by atomic mass is 10.2. The summed E-state index contributed by atoms with van der Waals surface area (Å²) >= 11 is 0.